The zero-order valence-corrected chi connectivity index (χ0v) is 14.4. The van der Waals surface area contributed by atoms with Crippen LogP contribution in [-0.4, -0.2) is 48.4 Å². The maximum Gasteiger partial charge on any atom is 0.254 e. The summed E-state index contributed by atoms with van der Waals surface area (Å²) in [5.74, 6) is 2.53. The summed E-state index contributed by atoms with van der Waals surface area (Å²) < 4.78 is 5.65. The Kier molecular flexibility index (Phi) is 3.93. The fourth-order valence-electron chi connectivity index (χ4n) is 4.10. The van der Waals surface area contributed by atoms with Crippen molar-refractivity contribution in [2.45, 2.75) is 25.8 Å². The second kappa shape index (κ2) is 6.10. The molecule has 2 aromatic rings. The molecule has 3 aliphatic rings. The van der Waals surface area contributed by atoms with Gasteiger partial charge in [-0.05, 0) is 57.0 Å². The smallest absolute Gasteiger partial charge is 0.254 e. The van der Waals surface area contributed by atoms with Gasteiger partial charge in [0.05, 0.1) is 0 Å². The summed E-state index contributed by atoms with van der Waals surface area (Å²) in [6, 6.07) is 12.1. The lowest BCUT2D eigenvalue weighted by molar-refractivity contribution is 0.0587. The van der Waals surface area contributed by atoms with Gasteiger partial charge in [0.25, 0.3) is 5.91 Å². The Morgan fingerprint density at radius 1 is 1.04 bits per heavy atom. The SMILES string of the molecule is Cc1ccc(-c2ccc(C(=O)N3C[C@H]4CC[C@@H]3CN(C)C4)cc2)o1. The van der Waals surface area contributed by atoms with Crippen LogP contribution in [0.1, 0.15) is 29.0 Å². The van der Waals surface area contributed by atoms with Crippen LogP contribution in [0.25, 0.3) is 11.3 Å². The van der Waals surface area contributed by atoms with Crippen LogP contribution >= 0.6 is 0 Å². The molecule has 4 heteroatoms. The first kappa shape index (κ1) is 15.5. The number of piperidine rings is 1. The third-order valence-corrected chi connectivity index (χ3v) is 5.31. The predicted octanol–water partition coefficient (Wildman–Crippen LogP) is 3.42. The van der Waals surface area contributed by atoms with Gasteiger partial charge in [0.15, 0.2) is 0 Å². The summed E-state index contributed by atoms with van der Waals surface area (Å²) in [7, 11) is 2.17. The Morgan fingerprint density at radius 2 is 1.83 bits per heavy atom. The van der Waals surface area contributed by atoms with E-state index in [0.717, 1.165) is 48.7 Å². The van der Waals surface area contributed by atoms with Crippen molar-refractivity contribution < 1.29 is 9.21 Å². The van der Waals surface area contributed by atoms with Crippen LogP contribution in [0.5, 0.6) is 0 Å². The molecule has 0 aliphatic carbocycles. The van der Waals surface area contributed by atoms with E-state index in [1.807, 2.05) is 43.3 Å². The van der Waals surface area contributed by atoms with Crippen molar-refractivity contribution >= 4 is 5.91 Å². The molecule has 24 heavy (non-hydrogen) atoms. The molecule has 4 heterocycles. The number of rotatable bonds is 2. The molecule has 4 nitrogen and oxygen atoms in total. The summed E-state index contributed by atoms with van der Waals surface area (Å²) >= 11 is 0. The third kappa shape index (κ3) is 2.86. The van der Waals surface area contributed by atoms with Crippen LogP contribution in [0, 0.1) is 12.8 Å². The normalized spacial score (nSPS) is 24.2. The van der Waals surface area contributed by atoms with Gasteiger partial charge in [-0.2, -0.15) is 0 Å². The van der Waals surface area contributed by atoms with Gasteiger partial charge in [0.1, 0.15) is 11.5 Å². The fourth-order valence-corrected chi connectivity index (χ4v) is 4.10. The van der Waals surface area contributed by atoms with Crippen molar-refractivity contribution in [1.82, 2.24) is 9.80 Å². The maximum absolute atomic E-state index is 13.0. The first-order valence-electron chi connectivity index (χ1n) is 8.76. The number of carbonyl (C=O) groups excluding carboxylic acids is 1. The average molecular weight is 324 g/mol. The molecule has 0 saturated carbocycles. The van der Waals surface area contributed by atoms with E-state index in [2.05, 4.69) is 16.8 Å². The molecule has 0 N–H and O–H groups in total. The minimum atomic E-state index is 0.169. The number of amides is 1. The van der Waals surface area contributed by atoms with Crippen LogP contribution < -0.4 is 0 Å². The molecular weight excluding hydrogens is 300 g/mol. The molecule has 3 saturated heterocycles. The number of nitrogens with zero attached hydrogens (tertiary/aromatic N) is 2. The number of benzene rings is 1. The van der Waals surface area contributed by atoms with Crippen molar-refractivity contribution in [3.63, 3.8) is 0 Å². The van der Waals surface area contributed by atoms with Gasteiger partial charge in [-0.25, -0.2) is 0 Å². The number of fused-ring (bicyclic) bond motifs is 4. The van der Waals surface area contributed by atoms with Crippen LogP contribution in [0.4, 0.5) is 0 Å². The van der Waals surface area contributed by atoms with Gasteiger partial charge in [0.2, 0.25) is 0 Å². The van der Waals surface area contributed by atoms with Crippen LogP contribution in [0.15, 0.2) is 40.8 Å². The van der Waals surface area contributed by atoms with E-state index in [4.69, 9.17) is 4.42 Å². The Labute approximate surface area is 143 Å². The summed E-state index contributed by atoms with van der Waals surface area (Å²) in [6.45, 7) is 4.93. The lowest BCUT2D eigenvalue weighted by Crippen LogP contribution is -2.47. The van der Waals surface area contributed by atoms with E-state index in [-0.39, 0.29) is 5.91 Å². The Morgan fingerprint density at radius 3 is 2.54 bits per heavy atom. The molecule has 1 aromatic carbocycles. The standard InChI is InChI=1S/C20H24N2O2/c1-14-3-10-19(24-14)16-5-7-17(8-6-16)20(23)22-12-15-4-9-18(22)13-21(2)11-15/h3,5-8,10,15,18H,4,9,11-13H2,1-2H3/t15-,18+/m0/s1. The Hall–Kier alpha value is -2.07. The van der Waals surface area contributed by atoms with E-state index in [0.29, 0.717) is 12.0 Å². The highest BCUT2D eigenvalue weighted by atomic mass is 16.3. The molecule has 0 spiro atoms. The first-order chi connectivity index (χ1) is 11.6. The lowest BCUT2D eigenvalue weighted by Gasteiger charge is -2.36. The number of hydrogen-bond acceptors (Lipinski definition) is 3. The first-order valence-corrected chi connectivity index (χ1v) is 8.76. The number of likely N-dealkylation sites (N-methyl/N-ethyl adjacent to an activating group) is 1. The molecule has 1 amide bonds. The zero-order valence-electron chi connectivity index (χ0n) is 14.4. The van der Waals surface area contributed by atoms with Gasteiger partial charge in [-0.15, -0.1) is 0 Å². The topological polar surface area (TPSA) is 36.7 Å². The number of hydrogen-bond donors (Lipinski definition) is 0. The van der Waals surface area contributed by atoms with Gasteiger partial charge < -0.3 is 14.2 Å². The zero-order chi connectivity index (χ0) is 16.7. The second-order valence-electron chi connectivity index (χ2n) is 7.26. The van der Waals surface area contributed by atoms with E-state index < -0.39 is 0 Å². The molecule has 126 valence electrons. The highest BCUT2D eigenvalue weighted by molar-refractivity contribution is 5.95. The van der Waals surface area contributed by atoms with Crippen molar-refractivity contribution in [3.8, 4) is 11.3 Å². The highest BCUT2D eigenvalue weighted by Gasteiger charge is 2.36. The molecule has 3 aliphatic heterocycles. The molecule has 5 rings (SSSR count). The van der Waals surface area contributed by atoms with Crippen LogP contribution in [0.3, 0.4) is 0 Å². The molecular formula is C20H24N2O2. The van der Waals surface area contributed by atoms with E-state index in [1.165, 1.54) is 6.42 Å². The second-order valence-corrected chi connectivity index (χ2v) is 7.26. The molecule has 0 radical (unpaired) electrons. The molecule has 1 aromatic heterocycles. The molecule has 2 bridgehead atoms. The summed E-state index contributed by atoms with van der Waals surface area (Å²) in [4.78, 5) is 17.5. The van der Waals surface area contributed by atoms with Crippen molar-refractivity contribution in [2.24, 2.45) is 5.92 Å². The monoisotopic (exact) mass is 324 g/mol. The van der Waals surface area contributed by atoms with Crippen molar-refractivity contribution in [1.29, 1.82) is 0 Å². The van der Waals surface area contributed by atoms with E-state index in [1.54, 1.807) is 0 Å². The minimum Gasteiger partial charge on any atom is -0.461 e. The maximum atomic E-state index is 13.0. The fraction of sp³-hybridized carbons (Fsp3) is 0.450. The largest absolute Gasteiger partial charge is 0.461 e. The summed E-state index contributed by atoms with van der Waals surface area (Å²) in [6.07, 6.45) is 2.38. The highest BCUT2D eigenvalue weighted by Crippen LogP contribution is 2.29. The average Bonchev–Trinajstić information content (AvgIpc) is 2.85. The lowest BCUT2D eigenvalue weighted by atomic mass is 9.94. The van der Waals surface area contributed by atoms with Gasteiger partial charge >= 0.3 is 0 Å². The van der Waals surface area contributed by atoms with E-state index in [9.17, 15) is 4.79 Å². The number of aryl methyl sites for hydroxylation is 1. The van der Waals surface area contributed by atoms with Gasteiger partial charge in [0, 0.05) is 36.8 Å². The molecule has 3 fully saturated rings. The van der Waals surface area contributed by atoms with Crippen LogP contribution in [0.2, 0.25) is 0 Å². The Bertz CT molecular complexity index is 734. The van der Waals surface area contributed by atoms with E-state index >= 15 is 0 Å². The van der Waals surface area contributed by atoms with Crippen molar-refractivity contribution in [3.05, 3.63) is 47.7 Å². The predicted molar refractivity (Wildman–Crippen MR) is 93.9 cm³/mol. The molecule has 0 unspecified atom stereocenters. The summed E-state index contributed by atoms with van der Waals surface area (Å²) in [5, 5.41) is 0. The van der Waals surface area contributed by atoms with Gasteiger partial charge in [-0.3, -0.25) is 4.79 Å². The number of carbonyl (C=O) groups is 1. The third-order valence-electron chi connectivity index (χ3n) is 5.31. The van der Waals surface area contributed by atoms with Crippen LogP contribution in [-0.2, 0) is 0 Å². The minimum absolute atomic E-state index is 0.169. The molecule has 2 atom stereocenters. The quantitative estimate of drug-likeness (QED) is 0.849. The summed E-state index contributed by atoms with van der Waals surface area (Å²) in [5.41, 5.74) is 1.79. The van der Waals surface area contributed by atoms with Gasteiger partial charge in [-0.1, -0.05) is 12.1 Å². The van der Waals surface area contributed by atoms with Crippen molar-refractivity contribution in [2.75, 3.05) is 26.7 Å². The Balaban J connectivity index is 1.54. The number of furan rings is 1.